The molecule has 1 rings (SSSR count). The van der Waals surface area contributed by atoms with Crippen LogP contribution in [-0.2, 0) is 4.43 Å². The Morgan fingerprint density at radius 2 is 1.82 bits per heavy atom. The van der Waals surface area contributed by atoms with Crippen LogP contribution in [0.3, 0.4) is 0 Å². The van der Waals surface area contributed by atoms with Gasteiger partial charge in [0.25, 0.3) is 5.69 Å². The molecule has 0 fully saturated rings. The third-order valence-corrected chi connectivity index (χ3v) is 8.51. The van der Waals surface area contributed by atoms with Crippen LogP contribution in [0.5, 0.6) is 11.5 Å². The molecule has 0 aliphatic heterocycles. The second kappa shape index (κ2) is 7.10. The Morgan fingerprint density at radius 1 is 1.18 bits per heavy atom. The van der Waals surface area contributed by atoms with Crippen molar-refractivity contribution in [2.75, 3.05) is 20.3 Å². The molecule has 0 amide bonds. The molecule has 0 bridgehead atoms. The predicted molar refractivity (Wildman–Crippen MR) is 88.3 cm³/mol. The highest BCUT2D eigenvalue weighted by molar-refractivity contribution is 6.74. The van der Waals surface area contributed by atoms with Crippen molar-refractivity contribution in [3.63, 3.8) is 0 Å². The third kappa shape index (κ3) is 4.71. The fourth-order valence-electron chi connectivity index (χ4n) is 1.56. The van der Waals surface area contributed by atoms with E-state index >= 15 is 0 Å². The van der Waals surface area contributed by atoms with Gasteiger partial charge in [-0.2, -0.15) is 0 Å². The normalized spacial score (nSPS) is 12.1. The van der Waals surface area contributed by atoms with E-state index in [9.17, 15) is 10.1 Å². The van der Waals surface area contributed by atoms with Gasteiger partial charge in [-0.25, -0.2) is 0 Å². The number of ether oxygens (including phenoxy) is 2. The van der Waals surface area contributed by atoms with Crippen molar-refractivity contribution in [1.29, 1.82) is 0 Å². The maximum atomic E-state index is 10.8. The molecule has 0 heterocycles. The van der Waals surface area contributed by atoms with Crippen molar-refractivity contribution < 1.29 is 18.8 Å². The second-order valence-corrected chi connectivity index (χ2v) is 11.4. The summed E-state index contributed by atoms with van der Waals surface area (Å²) in [6, 6.07) is 4.28. The van der Waals surface area contributed by atoms with Gasteiger partial charge in [0.15, 0.2) is 19.8 Å². The Balaban J connectivity index is 2.65. The second-order valence-electron chi connectivity index (χ2n) is 6.55. The number of methoxy groups -OCH3 is 1. The molecule has 0 radical (unpaired) electrons. The highest BCUT2D eigenvalue weighted by Crippen LogP contribution is 2.36. The number of nitro benzene ring substituents is 1. The molecule has 124 valence electrons. The molecule has 1 aromatic carbocycles. The first-order chi connectivity index (χ1) is 10.1. The Kier molecular flexibility index (Phi) is 5.96. The Morgan fingerprint density at radius 3 is 2.32 bits per heavy atom. The van der Waals surface area contributed by atoms with Gasteiger partial charge in [0.1, 0.15) is 6.61 Å². The smallest absolute Gasteiger partial charge is 0.273 e. The van der Waals surface area contributed by atoms with Gasteiger partial charge in [0.05, 0.1) is 24.7 Å². The van der Waals surface area contributed by atoms with E-state index in [1.165, 1.54) is 25.3 Å². The van der Waals surface area contributed by atoms with Crippen LogP contribution in [0.1, 0.15) is 20.8 Å². The summed E-state index contributed by atoms with van der Waals surface area (Å²) in [4.78, 5) is 10.4. The van der Waals surface area contributed by atoms with Crippen LogP contribution in [-0.4, -0.2) is 33.6 Å². The Hall–Kier alpha value is -1.60. The van der Waals surface area contributed by atoms with Gasteiger partial charge in [-0.1, -0.05) is 20.8 Å². The van der Waals surface area contributed by atoms with E-state index in [2.05, 4.69) is 33.9 Å². The fraction of sp³-hybridized carbons (Fsp3) is 0.600. The largest absolute Gasteiger partial charge is 0.493 e. The van der Waals surface area contributed by atoms with Crippen LogP contribution in [0.2, 0.25) is 18.1 Å². The lowest BCUT2D eigenvalue weighted by Crippen LogP contribution is -2.41. The standard InChI is InChI=1S/C15H25NO5Si/c1-15(2,3)22(5,6)21-10-9-20-14-11-12(16(17)18)7-8-13(14)19-4/h7-8,11H,9-10H2,1-6H3. The highest BCUT2D eigenvalue weighted by Gasteiger charge is 2.36. The van der Waals surface area contributed by atoms with Crippen LogP contribution in [0.15, 0.2) is 18.2 Å². The number of non-ortho nitro benzene ring substituents is 1. The molecule has 0 aliphatic rings. The Bertz CT molecular complexity index is 525. The summed E-state index contributed by atoms with van der Waals surface area (Å²) in [6.45, 7) is 11.6. The van der Waals surface area contributed by atoms with Crippen LogP contribution in [0.4, 0.5) is 5.69 Å². The van der Waals surface area contributed by atoms with Gasteiger partial charge in [0, 0.05) is 6.07 Å². The highest BCUT2D eigenvalue weighted by atomic mass is 28.4. The summed E-state index contributed by atoms with van der Waals surface area (Å²) in [6.07, 6.45) is 0. The predicted octanol–water partition coefficient (Wildman–Crippen LogP) is 4.00. The molecule has 0 aliphatic carbocycles. The molecular formula is C15H25NO5Si. The minimum absolute atomic E-state index is 0.0267. The van der Waals surface area contributed by atoms with Gasteiger partial charge >= 0.3 is 0 Å². The zero-order chi connectivity index (χ0) is 17.0. The topological polar surface area (TPSA) is 70.8 Å². The average molecular weight is 327 g/mol. The zero-order valence-corrected chi connectivity index (χ0v) is 15.1. The summed E-state index contributed by atoms with van der Waals surface area (Å²) in [5, 5.41) is 10.9. The summed E-state index contributed by atoms with van der Waals surface area (Å²) in [5.74, 6) is 0.827. The number of nitrogens with zero attached hydrogens (tertiary/aromatic N) is 1. The van der Waals surface area contributed by atoms with E-state index in [1.54, 1.807) is 0 Å². The molecule has 7 heteroatoms. The molecule has 22 heavy (non-hydrogen) atoms. The third-order valence-electron chi connectivity index (χ3n) is 3.97. The molecular weight excluding hydrogens is 302 g/mol. The van der Waals surface area contributed by atoms with Gasteiger partial charge in [-0.15, -0.1) is 0 Å². The minimum atomic E-state index is -1.81. The molecule has 0 saturated heterocycles. The van der Waals surface area contributed by atoms with Gasteiger partial charge in [-0.3, -0.25) is 10.1 Å². The number of hydrogen-bond donors (Lipinski definition) is 0. The van der Waals surface area contributed by atoms with Gasteiger partial charge in [0.2, 0.25) is 0 Å². The monoisotopic (exact) mass is 327 g/mol. The molecule has 0 spiro atoms. The zero-order valence-electron chi connectivity index (χ0n) is 14.1. The summed E-state index contributed by atoms with van der Waals surface area (Å²) < 4.78 is 16.8. The molecule has 0 unspecified atom stereocenters. The lowest BCUT2D eigenvalue weighted by molar-refractivity contribution is -0.385. The first-order valence-corrected chi connectivity index (χ1v) is 10.1. The fourth-order valence-corrected chi connectivity index (χ4v) is 2.58. The van der Waals surface area contributed by atoms with Crippen LogP contribution in [0, 0.1) is 10.1 Å². The maximum Gasteiger partial charge on any atom is 0.273 e. The molecule has 0 saturated carbocycles. The van der Waals surface area contributed by atoms with Crippen LogP contribution < -0.4 is 9.47 Å². The van der Waals surface area contributed by atoms with Crippen molar-refractivity contribution in [1.82, 2.24) is 0 Å². The summed E-state index contributed by atoms with van der Waals surface area (Å²) >= 11 is 0. The summed E-state index contributed by atoms with van der Waals surface area (Å²) in [7, 11) is -0.313. The van der Waals surface area contributed by atoms with E-state index < -0.39 is 13.2 Å². The van der Waals surface area contributed by atoms with Crippen LogP contribution >= 0.6 is 0 Å². The van der Waals surface area contributed by atoms with E-state index in [0.717, 1.165) is 0 Å². The molecule has 0 N–H and O–H groups in total. The molecule has 0 atom stereocenters. The lowest BCUT2D eigenvalue weighted by Gasteiger charge is -2.36. The summed E-state index contributed by atoms with van der Waals surface area (Å²) in [5.41, 5.74) is -0.0267. The Labute approximate surface area is 132 Å². The number of benzene rings is 1. The van der Waals surface area contributed by atoms with Crippen molar-refractivity contribution in [3.05, 3.63) is 28.3 Å². The van der Waals surface area contributed by atoms with E-state index in [1.807, 2.05) is 0 Å². The van der Waals surface area contributed by atoms with E-state index in [4.69, 9.17) is 13.9 Å². The van der Waals surface area contributed by atoms with Crippen molar-refractivity contribution in [2.24, 2.45) is 0 Å². The minimum Gasteiger partial charge on any atom is -0.493 e. The average Bonchev–Trinajstić information content (AvgIpc) is 2.42. The first kappa shape index (κ1) is 18.4. The quantitative estimate of drug-likeness (QED) is 0.327. The molecule has 1 aromatic rings. The van der Waals surface area contributed by atoms with Crippen molar-refractivity contribution in [2.45, 2.75) is 38.9 Å². The lowest BCUT2D eigenvalue weighted by atomic mass is 10.2. The number of hydrogen-bond acceptors (Lipinski definition) is 5. The molecule has 6 nitrogen and oxygen atoms in total. The van der Waals surface area contributed by atoms with Crippen LogP contribution in [0.25, 0.3) is 0 Å². The SMILES string of the molecule is COc1ccc([N+](=O)[O-])cc1OCCO[Si](C)(C)C(C)(C)C. The maximum absolute atomic E-state index is 10.8. The van der Waals surface area contributed by atoms with Gasteiger partial charge in [-0.05, 0) is 24.2 Å². The van der Waals surface area contributed by atoms with Crippen molar-refractivity contribution in [3.8, 4) is 11.5 Å². The number of nitro groups is 1. The number of rotatable bonds is 7. The van der Waals surface area contributed by atoms with Gasteiger partial charge < -0.3 is 13.9 Å². The first-order valence-electron chi connectivity index (χ1n) is 7.17. The van der Waals surface area contributed by atoms with Crippen molar-refractivity contribution >= 4 is 14.0 Å². The van der Waals surface area contributed by atoms with E-state index in [0.29, 0.717) is 24.7 Å². The van der Waals surface area contributed by atoms with E-state index in [-0.39, 0.29) is 10.7 Å². The molecule has 0 aromatic heterocycles.